The molecule has 2 aliphatic rings. The molecule has 134 valence electrons. The lowest BCUT2D eigenvalue weighted by Gasteiger charge is -2.53. The summed E-state index contributed by atoms with van der Waals surface area (Å²) in [4.78, 5) is 1.43. The van der Waals surface area contributed by atoms with Gasteiger partial charge in [-0.25, -0.2) is 17.2 Å². The van der Waals surface area contributed by atoms with Crippen LogP contribution in [0.3, 0.4) is 0 Å². The minimum Gasteiger partial charge on any atom is -0.396 e. The molecule has 3 rings (SSSR count). The molecule has 1 aromatic carbocycles. The molecule has 5 nitrogen and oxygen atoms in total. The van der Waals surface area contributed by atoms with Crippen LogP contribution >= 0.6 is 0 Å². The third-order valence-electron chi connectivity index (χ3n) is 5.49. The molecule has 1 aromatic rings. The normalized spacial score (nSPS) is 29.4. The average molecular weight is 360 g/mol. The highest BCUT2D eigenvalue weighted by Gasteiger charge is 2.48. The fraction of sp³-hybridized carbons (Fsp3) is 0.625. The van der Waals surface area contributed by atoms with E-state index in [0.717, 1.165) is 37.6 Å². The molecular weight excluding hydrogens is 338 g/mol. The van der Waals surface area contributed by atoms with Gasteiger partial charge in [-0.3, -0.25) is 0 Å². The summed E-state index contributed by atoms with van der Waals surface area (Å²) in [5, 5.41) is 9.88. The monoisotopic (exact) mass is 360 g/mol. The second-order valence-electron chi connectivity index (χ2n) is 6.81. The van der Waals surface area contributed by atoms with E-state index in [9.17, 15) is 22.3 Å². The van der Waals surface area contributed by atoms with E-state index < -0.39 is 26.6 Å². The molecule has 0 bridgehead atoms. The summed E-state index contributed by atoms with van der Waals surface area (Å²) in [6, 6.07) is 2.33. The fourth-order valence-corrected chi connectivity index (χ4v) is 5.55. The van der Waals surface area contributed by atoms with E-state index in [-0.39, 0.29) is 31.2 Å². The Kier molecular flexibility index (Phi) is 4.67. The van der Waals surface area contributed by atoms with Crippen molar-refractivity contribution < 1.29 is 22.3 Å². The van der Waals surface area contributed by atoms with Crippen LogP contribution in [0, 0.1) is 17.0 Å². The van der Waals surface area contributed by atoms with Gasteiger partial charge in [-0.05, 0) is 51.1 Å². The second-order valence-corrected chi connectivity index (χ2v) is 8.71. The topological polar surface area (TPSA) is 60.9 Å². The molecule has 2 fully saturated rings. The predicted molar refractivity (Wildman–Crippen MR) is 84.9 cm³/mol. The zero-order valence-electron chi connectivity index (χ0n) is 13.6. The van der Waals surface area contributed by atoms with Crippen molar-refractivity contribution in [1.82, 2.24) is 9.21 Å². The number of hydrogen-bond acceptors (Lipinski definition) is 4. The quantitative estimate of drug-likeness (QED) is 0.886. The van der Waals surface area contributed by atoms with Crippen molar-refractivity contribution in [3.8, 4) is 0 Å². The molecule has 0 unspecified atom stereocenters. The van der Waals surface area contributed by atoms with Gasteiger partial charge in [0, 0.05) is 24.5 Å². The third kappa shape index (κ3) is 2.85. The van der Waals surface area contributed by atoms with Crippen LogP contribution in [-0.2, 0) is 10.0 Å². The van der Waals surface area contributed by atoms with Crippen LogP contribution in [0.2, 0.25) is 0 Å². The molecule has 2 heterocycles. The Bertz CT molecular complexity index is 728. The van der Waals surface area contributed by atoms with Gasteiger partial charge < -0.3 is 10.0 Å². The standard InChI is InChI=1S/C16H22F2N2O3S/c1-19-7-2-5-16(11-21)6-8-20(10-15(16)19)24(22,23)14-9-12(17)3-4-13(14)18/h3-4,9,15,21H,2,5-8,10-11H2,1H3/t15-,16-/m1/s1. The first kappa shape index (κ1) is 17.7. The van der Waals surface area contributed by atoms with Gasteiger partial charge in [0.25, 0.3) is 0 Å². The predicted octanol–water partition coefficient (Wildman–Crippen LogP) is 1.43. The Hall–Kier alpha value is -1.09. The molecule has 2 aliphatic heterocycles. The Balaban J connectivity index is 1.92. The van der Waals surface area contributed by atoms with Crippen molar-refractivity contribution in [3.63, 3.8) is 0 Å². The first-order chi connectivity index (χ1) is 11.3. The van der Waals surface area contributed by atoms with Crippen LogP contribution in [0.25, 0.3) is 0 Å². The number of likely N-dealkylation sites (tertiary alicyclic amines) is 1. The first-order valence-corrected chi connectivity index (χ1v) is 9.50. The second kappa shape index (κ2) is 6.33. The average Bonchev–Trinajstić information content (AvgIpc) is 2.57. The maximum Gasteiger partial charge on any atom is 0.246 e. The summed E-state index contributed by atoms with van der Waals surface area (Å²) < 4.78 is 54.1. The van der Waals surface area contributed by atoms with Crippen molar-refractivity contribution in [2.24, 2.45) is 5.41 Å². The van der Waals surface area contributed by atoms with Gasteiger partial charge in [0.05, 0.1) is 6.61 Å². The molecule has 0 radical (unpaired) electrons. The fourth-order valence-electron chi connectivity index (χ4n) is 4.02. The van der Waals surface area contributed by atoms with Crippen molar-refractivity contribution in [2.45, 2.75) is 30.2 Å². The molecule has 2 atom stereocenters. The third-order valence-corrected chi connectivity index (χ3v) is 7.37. The van der Waals surface area contributed by atoms with Crippen LogP contribution in [0.15, 0.2) is 23.1 Å². The number of aliphatic hydroxyl groups is 1. The molecule has 0 aromatic heterocycles. The van der Waals surface area contributed by atoms with Crippen LogP contribution in [0.4, 0.5) is 8.78 Å². The molecule has 0 aliphatic carbocycles. The highest BCUT2D eigenvalue weighted by atomic mass is 32.2. The van der Waals surface area contributed by atoms with E-state index in [1.165, 1.54) is 4.31 Å². The Morgan fingerprint density at radius 2 is 2.04 bits per heavy atom. The lowest BCUT2D eigenvalue weighted by molar-refractivity contribution is -0.0508. The summed E-state index contributed by atoms with van der Waals surface area (Å²) in [5.74, 6) is -1.74. The van der Waals surface area contributed by atoms with E-state index in [2.05, 4.69) is 4.90 Å². The molecule has 1 N–H and O–H groups in total. The smallest absolute Gasteiger partial charge is 0.246 e. The SMILES string of the molecule is CN1CCC[C@]2(CO)CCN(S(=O)(=O)c3cc(F)ccc3F)C[C@@H]12. The summed E-state index contributed by atoms with van der Waals surface area (Å²) >= 11 is 0. The van der Waals surface area contributed by atoms with Crippen LogP contribution < -0.4 is 0 Å². The number of rotatable bonds is 3. The van der Waals surface area contributed by atoms with E-state index in [0.29, 0.717) is 6.42 Å². The van der Waals surface area contributed by atoms with Crippen molar-refractivity contribution in [1.29, 1.82) is 0 Å². The van der Waals surface area contributed by atoms with E-state index in [4.69, 9.17) is 0 Å². The van der Waals surface area contributed by atoms with Gasteiger partial charge in [0.15, 0.2) is 0 Å². The number of piperidine rings is 2. The van der Waals surface area contributed by atoms with Crippen molar-refractivity contribution in [2.75, 3.05) is 33.3 Å². The number of fused-ring (bicyclic) bond motifs is 1. The van der Waals surface area contributed by atoms with Crippen molar-refractivity contribution >= 4 is 10.0 Å². The van der Waals surface area contributed by atoms with Gasteiger partial charge in [-0.1, -0.05) is 0 Å². The zero-order valence-corrected chi connectivity index (χ0v) is 14.4. The molecule has 2 saturated heterocycles. The Labute approximate surface area is 140 Å². The molecule has 24 heavy (non-hydrogen) atoms. The van der Waals surface area contributed by atoms with Gasteiger partial charge in [0.2, 0.25) is 10.0 Å². The number of halogens is 2. The number of nitrogens with zero attached hydrogens (tertiary/aromatic N) is 2. The van der Waals surface area contributed by atoms with E-state index >= 15 is 0 Å². The minimum atomic E-state index is -4.11. The van der Waals surface area contributed by atoms with E-state index in [1.807, 2.05) is 7.05 Å². The van der Waals surface area contributed by atoms with Gasteiger partial charge in [-0.15, -0.1) is 0 Å². The molecule has 0 saturated carbocycles. The molecule has 0 amide bonds. The number of benzene rings is 1. The number of likely N-dealkylation sites (N-methyl/N-ethyl adjacent to an activating group) is 1. The largest absolute Gasteiger partial charge is 0.396 e. The van der Waals surface area contributed by atoms with Gasteiger partial charge >= 0.3 is 0 Å². The number of aliphatic hydroxyl groups excluding tert-OH is 1. The summed E-state index contributed by atoms with van der Waals surface area (Å²) in [6.45, 7) is 1.21. The maximum atomic E-state index is 13.9. The zero-order chi connectivity index (χ0) is 17.5. The number of sulfonamides is 1. The Morgan fingerprint density at radius 3 is 2.75 bits per heavy atom. The van der Waals surface area contributed by atoms with E-state index in [1.54, 1.807) is 0 Å². The first-order valence-electron chi connectivity index (χ1n) is 8.06. The maximum absolute atomic E-state index is 13.9. The summed E-state index contributed by atoms with van der Waals surface area (Å²) in [6.07, 6.45) is 2.31. The lowest BCUT2D eigenvalue weighted by Crippen LogP contribution is -2.62. The van der Waals surface area contributed by atoms with Crippen LogP contribution in [0.5, 0.6) is 0 Å². The van der Waals surface area contributed by atoms with Crippen molar-refractivity contribution in [3.05, 3.63) is 29.8 Å². The van der Waals surface area contributed by atoms with Crippen LogP contribution in [-0.4, -0.2) is 62.1 Å². The molecule has 0 spiro atoms. The molecular formula is C16H22F2N2O3S. The lowest BCUT2D eigenvalue weighted by atomic mass is 9.69. The molecule has 8 heteroatoms. The van der Waals surface area contributed by atoms with Crippen LogP contribution in [0.1, 0.15) is 19.3 Å². The summed E-state index contributed by atoms with van der Waals surface area (Å²) in [7, 11) is -2.20. The highest BCUT2D eigenvalue weighted by Crippen LogP contribution is 2.42. The Morgan fingerprint density at radius 1 is 1.29 bits per heavy atom. The highest BCUT2D eigenvalue weighted by molar-refractivity contribution is 7.89. The van der Waals surface area contributed by atoms with Gasteiger partial charge in [0.1, 0.15) is 16.5 Å². The summed E-state index contributed by atoms with van der Waals surface area (Å²) in [5.41, 5.74) is -0.320. The minimum absolute atomic E-state index is 0.00419. The number of hydrogen-bond donors (Lipinski definition) is 1. The van der Waals surface area contributed by atoms with Gasteiger partial charge in [-0.2, -0.15) is 4.31 Å².